The number of hydrogen-bond acceptors (Lipinski definition) is 5. The summed E-state index contributed by atoms with van der Waals surface area (Å²) in [6.07, 6.45) is 5.94. The summed E-state index contributed by atoms with van der Waals surface area (Å²) in [6, 6.07) is 5.95. The molecule has 1 atom stereocenters. The van der Waals surface area contributed by atoms with Crippen molar-refractivity contribution in [2.45, 2.75) is 44.6 Å². The van der Waals surface area contributed by atoms with E-state index in [2.05, 4.69) is 15.1 Å². The molecule has 0 N–H and O–H groups in total. The number of aromatic nitrogens is 4. The molecule has 1 aromatic carbocycles. The van der Waals surface area contributed by atoms with Crippen molar-refractivity contribution in [2.75, 3.05) is 6.54 Å². The van der Waals surface area contributed by atoms with Gasteiger partial charge in [-0.15, -0.1) is 0 Å². The van der Waals surface area contributed by atoms with Gasteiger partial charge in [0, 0.05) is 12.5 Å². The molecule has 136 valence electrons. The Morgan fingerprint density at radius 3 is 2.96 bits per heavy atom. The lowest BCUT2D eigenvalue weighted by molar-refractivity contribution is 0.0738. The van der Waals surface area contributed by atoms with Gasteiger partial charge in [0.25, 0.3) is 11.8 Å². The molecule has 0 unspecified atom stereocenters. The second-order valence-electron chi connectivity index (χ2n) is 7.71. The molecule has 0 bridgehead atoms. The van der Waals surface area contributed by atoms with Crippen molar-refractivity contribution in [3.63, 3.8) is 0 Å². The number of fused-ring (bicyclic) bond motifs is 5. The number of carbonyl (C=O) groups is 1. The van der Waals surface area contributed by atoms with Crippen LogP contribution in [-0.4, -0.2) is 37.0 Å². The Morgan fingerprint density at radius 1 is 1.22 bits per heavy atom. The number of amides is 1. The zero-order chi connectivity index (χ0) is 18.1. The van der Waals surface area contributed by atoms with E-state index in [0.29, 0.717) is 17.5 Å². The molecule has 1 saturated heterocycles. The normalized spacial score (nSPS) is 21.0. The van der Waals surface area contributed by atoms with Gasteiger partial charge in [-0.2, -0.15) is 4.98 Å². The minimum Gasteiger partial charge on any atom is -0.332 e. The van der Waals surface area contributed by atoms with Crippen LogP contribution in [0.2, 0.25) is 0 Å². The van der Waals surface area contributed by atoms with E-state index in [4.69, 9.17) is 4.52 Å². The largest absolute Gasteiger partial charge is 0.332 e. The third-order valence-electron chi connectivity index (χ3n) is 5.94. The molecule has 4 heterocycles. The Hall–Kier alpha value is -2.96. The number of carbonyl (C=O) groups excluding carboxylic acids is 1. The summed E-state index contributed by atoms with van der Waals surface area (Å²) >= 11 is 0. The second-order valence-corrected chi connectivity index (χ2v) is 7.71. The Kier molecular flexibility index (Phi) is 2.96. The Morgan fingerprint density at radius 2 is 2.11 bits per heavy atom. The molecule has 27 heavy (non-hydrogen) atoms. The lowest BCUT2D eigenvalue weighted by Crippen LogP contribution is -2.30. The highest BCUT2D eigenvalue weighted by Gasteiger charge is 2.40. The van der Waals surface area contributed by atoms with E-state index in [9.17, 15) is 4.79 Å². The van der Waals surface area contributed by atoms with Crippen LogP contribution in [0, 0.1) is 6.92 Å². The van der Waals surface area contributed by atoms with E-state index in [1.54, 1.807) is 6.33 Å². The Balaban J connectivity index is 1.59. The van der Waals surface area contributed by atoms with E-state index in [0.717, 1.165) is 60.6 Å². The van der Waals surface area contributed by atoms with E-state index in [-0.39, 0.29) is 11.9 Å². The highest BCUT2D eigenvalue weighted by atomic mass is 16.5. The number of rotatable bonds is 2. The summed E-state index contributed by atoms with van der Waals surface area (Å²) in [5, 5.41) is 4.15. The van der Waals surface area contributed by atoms with Gasteiger partial charge >= 0.3 is 0 Å². The van der Waals surface area contributed by atoms with Crippen molar-refractivity contribution in [1.82, 2.24) is 24.6 Å². The highest BCUT2D eigenvalue weighted by Crippen LogP contribution is 2.43. The molecule has 3 aromatic rings. The molecule has 3 aliphatic rings. The fourth-order valence-electron chi connectivity index (χ4n) is 4.44. The van der Waals surface area contributed by atoms with Crippen LogP contribution in [0.25, 0.3) is 17.3 Å². The van der Waals surface area contributed by atoms with E-state index in [1.807, 2.05) is 34.6 Å². The first-order valence-corrected chi connectivity index (χ1v) is 9.54. The van der Waals surface area contributed by atoms with Gasteiger partial charge in [-0.05, 0) is 44.2 Å². The molecule has 7 heteroatoms. The first kappa shape index (κ1) is 15.1. The van der Waals surface area contributed by atoms with Gasteiger partial charge in [-0.1, -0.05) is 17.3 Å². The molecule has 6 rings (SSSR count). The molecule has 1 saturated carbocycles. The third kappa shape index (κ3) is 2.08. The molecule has 2 aromatic heterocycles. The summed E-state index contributed by atoms with van der Waals surface area (Å²) in [5.74, 6) is 1.76. The predicted octanol–water partition coefficient (Wildman–Crippen LogP) is 3.40. The quantitative estimate of drug-likeness (QED) is 0.699. The van der Waals surface area contributed by atoms with Crippen molar-refractivity contribution in [2.24, 2.45) is 0 Å². The average Bonchev–Trinajstić information content (AvgIpc) is 3.10. The smallest absolute Gasteiger partial charge is 0.278 e. The summed E-state index contributed by atoms with van der Waals surface area (Å²) in [6.45, 7) is 2.75. The van der Waals surface area contributed by atoms with Gasteiger partial charge in [0.15, 0.2) is 11.5 Å². The first-order chi connectivity index (χ1) is 13.2. The SMILES string of the molecule is Cc1cccc2c1C(=O)N1CCC[C@H]1c1c(-c3nc(C4CC4)no3)ncn1-2. The van der Waals surface area contributed by atoms with Crippen LogP contribution >= 0.6 is 0 Å². The van der Waals surface area contributed by atoms with Crippen molar-refractivity contribution < 1.29 is 9.32 Å². The van der Waals surface area contributed by atoms with Crippen molar-refractivity contribution >= 4 is 5.91 Å². The molecular weight excluding hydrogens is 342 g/mol. The molecule has 0 spiro atoms. The monoisotopic (exact) mass is 361 g/mol. The zero-order valence-corrected chi connectivity index (χ0v) is 15.1. The van der Waals surface area contributed by atoms with Crippen molar-refractivity contribution in [1.29, 1.82) is 0 Å². The molecule has 7 nitrogen and oxygen atoms in total. The summed E-state index contributed by atoms with van der Waals surface area (Å²) in [4.78, 5) is 24.5. The van der Waals surface area contributed by atoms with Gasteiger partial charge in [-0.3, -0.25) is 9.36 Å². The summed E-state index contributed by atoms with van der Waals surface area (Å²) in [5.41, 5.74) is 4.31. The van der Waals surface area contributed by atoms with Crippen LogP contribution in [0.15, 0.2) is 29.0 Å². The van der Waals surface area contributed by atoms with E-state index < -0.39 is 0 Å². The Labute approximate surface area is 156 Å². The highest BCUT2D eigenvalue weighted by molar-refractivity contribution is 6.00. The predicted molar refractivity (Wildman–Crippen MR) is 96.6 cm³/mol. The van der Waals surface area contributed by atoms with Crippen molar-refractivity contribution in [3.8, 4) is 17.3 Å². The molecule has 2 aliphatic heterocycles. The van der Waals surface area contributed by atoms with Crippen LogP contribution < -0.4 is 0 Å². The van der Waals surface area contributed by atoms with Gasteiger partial charge in [0.1, 0.15) is 6.33 Å². The fourth-order valence-corrected chi connectivity index (χ4v) is 4.44. The minimum atomic E-state index is -0.0157. The zero-order valence-electron chi connectivity index (χ0n) is 15.1. The van der Waals surface area contributed by atoms with Crippen LogP contribution in [-0.2, 0) is 0 Å². The number of aryl methyl sites for hydroxylation is 1. The first-order valence-electron chi connectivity index (χ1n) is 9.54. The van der Waals surface area contributed by atoms with Crippen LogP contribution in [0.5, 0.6) is 0 Å². The average molecular weight is 361 g/mol. The standard InChI is InChI=1S/C20H19N5O2/c1-11-4-2-5-13-15(11)20(26)24-9-3-6-14(24)17-16(21-10-25(13)17)19-22-18(23-27-19)12-7-8-12/h2,4-5,10,12,14H,3,6-9H2,1H3/t14-/m0/s1. The lowest BCUT2D eigenvalue weighted by atomic mass is 10.1. The van der Waals surface area contributed by atoms with E-state index in [1.165, 1.54) is 0 Å². The molecule has 1 aliphatic carbocycles. The second kappa shape index (κ2) is 5.28. The molecule has 2 fully saturated rings. The lowest BCUT2D eigenvalue weighted by Gasteiger charge is -2.23. The minimum absolute atomic E-state index is 0.0157. The van der Waals surface area contributed by atoms with Gasteiger partial charge in [0.05, 0.1) is 23.0 Å². The number of benzene rings is 1. The van der Waals surface area contributed by atoms with Gasteiger partial charge in [0.2, 0.25) is 0 Å². The molecular formula is C20H19N5O2. The number of nitrogens with zero attached hydrogens (tertiary/aromatic N) is 5. The molecule has 1 amide bonds. The number of imidazole rings is 1. The van der Waals surface area contributed by atoms with Gasteiger partial charge in [-0.25, -0.2) is 4.98 Å². The Bertz CT molecular complexity index is 1080. The maximum Gasteiger partial charge on any atom is 0.278 e. The maximum atomic E-state index is 13.3. The topological polar surface area (TPSA) is 77.1 Å². The summed E-state index contributed by atoms with van der Waals surface area (Å²) < 4.78 is 7.61. The summed E-state index contributed by atoms with van der Waals surface area (Å²) in [7, 11) is 0. The fraction of sp³-hybridized carbons (Fsp3) is 0.400. The van der Waals surface area contributed by atoms with Crippen LogP contribution in [0.4, 0.5) is 0 Å². The molecule has 0 radical (unpaired) electrons. The van der Waals surface area contributed by atoms with E-state index >= 15 is 0 Å². The van der Waals surface area contributed by atoms with Gasteiger partial charge < -0.3 is 9.42 Å². The van der Waals surface area contributed by atoms with Crippen molar-refractivity contribution in [3.05, 3.63) is 47.2 Å². The van der Waals surface area contributed by atoms with Crippen LogP contribution in [0.3, 0.4) is 0 Å². The third-order valence-corrected chi connectivity index (χ3v) is 5.94. The van der Waals surface area contributed by atoms with Crippen LogP contribution in [0.1, 0.15) is 65.1 Å². The maximum absolute atomic E-state index is 13.3. The number of hydrogen-bond donors (Lipinski definition) is 0.